The maximum absolute atomic E-state index is 6.51. The van der Waals surface area contributed by atoms with E-state index < -0.39 is 0 Å². The van der Waals surface area contributed by atoms with E-state index in [1.54, 1.807) is 0 Å². The normalized spacial score (nSPS) is 14.7. The number of hydrogen-bond acceptors (Lipinski definition) is 0. The van der Waals surface area contributed by atoms with Crippen LogP contribution in [-0.4, -0.2) is 0 Å². The molecule has 0 unspecified atom stereocenters. The molecule has 0 bridgehead atoms. The maximum atomic E-state index is 6.51. The summed E-state index contributed by atoms with van der Waals surface area (Å²) < 4.78 is 0. The minimum absolute atomic E-state index is 0.798. The summed E-state index contributed by atoms with van der Waals surface area (Å²) in [6.07, 6.45) is 4.43. The van der Waals surface area contributed by atoms with Crippen molar-refractivity contribution in [1.29, 1.82) is 0 Å². The van der Waals surface area contributed by atoms with E-state index in [0.717, 1.165) is 16.2 Å². The van der Waals surface area contributed by atoms with Crippen molar-refractivity contribution in [3.8, 4) is 0 Å². The number of halogens is 1. The summed E-state index contributed by atoms with van der Waals surface area (Å²) in [6.45, 7) is 0. The zero-order chi connectivity index (χ0) is 15.6. The average molecular weight is 315 g/mol. The Morgan fingerprint density at radius 1 is 0.696 bits per heavy atom. The highest BCUT2D eigenvalue weighted by molar-refractivity contribution is 6.34. The Morgan fingerprint density at radius 2 is 1.39 bits per heavy atom. The first-order valence-electron chi connectivity index (χ1n) is 7.66. The lowest BCUT2D eigenvalue weighted by Gasteiger charge is -2.07. The Bertz CT molecular complexity index is 903. The van der Waals surface area contributed by atoms with Crippen LogP contribution >= 0.6 is 11.6 Å². The average Bonchev–Trinajstić information content (AvgIpc) is 2.96. The molecule has 0 atom stereocenters. The van der Waals surface area contributed by atoms with Gasteiger partial charge in [-0.15, -0.1) is 0 Å². The molecule has 0 aromatic heterocycles. The summed E-state index contributed by atoms with van der Waals surface area (Å²) in [7, 11) is 0. The molecule has 1 aliphatic carbocycles. The van der Waals surface area contributed by atoms with Crippen LogP contribution in [0.25, 0.3) is 17.2 Å². The van der Waals surface area contributed by atoms with Gasteiger partial charge in [0, 0.05) is 10.6 Å². The molecular formula is C22H15Cl. The Morgan fingerprint density at radius 3 is 2.13 bits per heavy atom. The SMILES string of the molecule is Clc1cccc2c1/C(=C/c1ccccc1)C=C2c1ccccc1. The first kappa shape index (κ1) is 14.0. The zero-order valence-corrected chi connectivity index (χ0v) is 13.3. The molecule has 3 aromatic rings. The highest BCUT2D eigenvalue weighted by atomic mass is 35.5. The fraction of sp³-hybridized carbons (Fsp3) is 0. The highest BCUT2D eigenvalue weighted by Crippen LogP contribution is 2.43. The van der Waals surface area contributed by atoms with Gasteiger partial charge in [0.2, 0.25) is 0 Å². The minimum Gasteiger partial charge on any atom is -0.0836 e. The van der Waals surface area contributed by atoms with Crippen molar-refractivity contribution in [3.05, 3.63) is 112 Å². The van der Waals surface area contributed by atoms with E-state index in [9.17, 15) is 0 Å². The Balaban J connectivity index is 1.91. The van der Waals surface area contributed by atoms with E-state index in [4.69, 9.17) is 11.6 Å². The molecule has 1 aliphatic rings. The summed E-state index contributed by atoms with van der Waals surface area (Å²) in [5.74, 6) is 0. The van der Waals surface area contributed by atoms with Crippen molar-refractivity contribution in [3.63, 3.8) is 0 Å². The number of benzene rings is 3. The largest absolute Gasteiger partial charge is 0.0836 e. The molecule has 0 nitrogen and oxygen atoms in total. The van der Waals surface area contributed by atoms with Crippen LogP contribution in [0.2, 0.25) is 5.02 Å². The molecule has 0 radical (unpaired) electrons. The second-order valence-corrected chi connectivity index (χ2v) is 6.00. The third-order valence-corrected chi connectivity index (χ3v) is 4.41. The van der Waals surface area contributed by atoms with Gasteiger partial charge in [0.1, 0.15) is 0 Å². The zero-order valence-electron chi connectivity index (χ0n) is 12.5. The molecule has 0 aliphatic heterocycles. The predicted molar refractivity (Wildman–Crippen MR) is 99.3 cm³/mol. The number of allylic oxidation sites excluding steroid dienone is 2. The van der Waals surface area contributed by atoms with Crippen LogP contribution in [-0.2, 0) is 0 Å². The van der Waals surface area contributed by atoms with Gasteiger partial charge in [-0.3, -0.25) is 0 Å². The summed E-state index contributed by atoms with van der Waals surface area (Å²) >= 11 is 6.51. The molecule has 0 spiro atoms. The van der Waals surface area contributed by atoms with Crippen molar-refractivity contribution in [2.75, 3.05) is 0 Å². The molecule has 110 valence electrons. The van der Waals surface area contributed by atoms with Gasteiger partial charge in [-0.05, 0) is 46.1 Å². The van der Waals surface area contributed by atoms with Crippen LogP contribution in [0.15, 0.2) is 84.9 Å². The van der Waals surface area contributed by atoms with Crippen LogP contribution in [0.3, 0.4) is 0 Å². The van der Waals surface area contributed by atoms with Gasteiger partial charge in [0.25, 0.3) is 0 Å². The molecule has 1 heteroatoms. The van der Waals surface area contributed by atoms with Gasteiger partial charge in [-0.2, -0.15) is 0 Å². The van der Waals surface area contributed by atoms with Crippen molar-refractivity contribution < 1.29 is 0 Å². The van der Waals surface area contributed by atoms with Gasteiger partial charge < -0.3 is 0 Å². The van der Waals surface area contributed by atoms with Crippen LogP contribution in [0.5, 0.6) is 0 Å². The molecule has 0 saturated heterocycles. The standard InChI is InChI=1S/C22H15Cl/c23-21-13-7-12-19-20(17-10-5-2-6-11-17)15-18(22(19)21)14-16-8-3-1-4-9-16/h1-15H/b18-14+. The lowest BCUT2D eigenvalue weighted by Crippen LogP contribution is -1.87. The molecule has 23 heavy (non-hydrogen) atoms. The molecule has 0 fully saturated rings. The second kappa shape index (κ2) is 5.91. The van der Waals surface area contributed by atoms with E-state index in [-0.39, 0.29) is 0 Å². The molecule has 0 saturated carbocycles. The van der Waals surface area contributed by atoms with Gasteiger partial charge in [-0.25, -0.2) is 0 Å². The van der Waals surface area contributed by atoms with E-state index in [2.05, 4.69) is 66.7 Å². The molecule has 0 amide bonds. The van der Waals surface area contributed by atoms with Gasteiger partial charge in [-0.1, -0.05) is 84.4 Å². The predicted octanol–water partition coefficient (Wildman–Crippen LogP) is 6.33. The van der Waals surface area contributed by atoms with E-state index in [0.29, 0.717) is 0 Å². The summed E-state index contributed by atoms with van der Waals surface area (Å²) in [5, 5.41) is 0.798. The topological polar surface area (TPSA) is 0 Å². The van der Waals surface area contributed by atoms with Crippen molar-refractivity contribution >= 4 is 28.8 Å². The molecule has 0 N–H and O–H groups in total. The van der Waals surface area contributed by atoms with E-state index >= 15 is 0 Å². The van der Waals surface area contributed by atoms with Gasteiger partial charge in [0.05, 0.1) is 0 Å². The molecule has 4 rings (SSSR count). The van der Waals surface area contributed by atoms with E-state index in [1.165, 1.54) is 22.3 Å². The monoisotopic (exact) mass is 314 g/mol. The van der Waals surface area contributed by atoms with Crippen molar-refractivity contribution in [2.24, 2.45) is 0 Å². The Labute approximate surface area is 141 Å². The fourth-order valence-corrected chi connectivity index (χ4v) is 3.33. The highest BCUT2D eigenvalue weighted by Gasteiger charge is 2.21. The molecule has 3 aromatic carbocycles. The van der Waals surface area contributed by atoms with Gasteiger partial charge >= 0.3 is 0 Å². The molecule has 0 heterocycles. The van der Waals surface area contributed by atoms with Crippen LogP contribution < -0.4 is 0 Å². The Kier molecular flexibility index (Phi) is 3.61. The molecular weight excluding hydrogens is 300 g/mol. The second-order valence-electron chi connectivity index (χ2n) is 5.60. The maximum Gasteiger partial charge on any atom is 0.0490 e. The van der Waals surface area contributed by atoms with Crippen molar-refractivity contribution in [1.82, 2.24) is 0 Å². The van der Waals surface area contributed by atoms with E-state index in [1.807, 2.05) is 24.3 Å². The fourth-order valence-electron chi connectivity index (χ4n) is 3.05. The van der Waals surface area contributed by atoms with Crippen LogP contribution in [0, 0.1) is 0 Å². The lowest BCUT2D eigenvalue weighted by atomic mass is 9.99. The first-order valence-corrected chi connectivity index (χ1v) is 8.04. The summed E-state index contributed by atoms with van der Waals surface area (Å²) in [6, 6.07) is 26.9. The first-order chi connectivity index (χ1) is 11.3. The number of fused-ring (bicyclic) bond motifs is 1. The van der Waals surface area contributed by atoms with Crippen LogP contribution in [0.4, 0.5) is 0 Å². The summed E-state index contributed by atoms with van der Waals surface area (Å²) in [4.78, 5) is 0. The third kappa shape index (κ3) is 2.62. The number of hydrogen-bond donors (Lipinski definition) is 0. The quantitative estimate of drug-likeness (QED) is 0.518. The Hall–Kier alpha value is -2.57. The third-order valence-electron chi connectivity index (χ3n) is 4.10. The smallest absolute Gasteiger partial charge is 0.0490 e. The summed E-state index contributed by atoms with van der Waals surface area (Å²) in [5.41, 5.74) is 7.11. The van der Waals surface area contributed by atoms with Gasteiger partial charge in [0.15, 0.2) is 0 Å². The van der Waals surface area contributed by atoms with Crippen molar-refractivity contribution in [2.45, 2.75) is 0 Å². The minimum atomic E-state index is 0.798. The number of rotatable bonds is 2. The van der Waals surface area contributed by atoms with Crippen LogP contribution in [0.1, 0.15) is 22.3 Å². The lowest BCUT2D eigenvalue weighted by molar-refractivity contribution is 1.55.